The molecule has 1 unspecified atom stereocenters. The van der Waals surface area contributed by atoms with Gasteiger partial charge < -0.3 is 5.11 Å². The maximum absolute atomic E-state index is 9.64. The molecule has 0 aliphatic heterocycles. The van der Waals surface area contributed by atoms with Gasteiger partial charge in [0.15, 0.2) is 0 Å². The molecule has 1 aromatic carbocycles. The Bertz CT molecular complexity index is 402. The van der Waals surface area contributed by atoms with Gasteiger partial charge in [-0.25, -0.2) is 0 Å². The molecule has 1 nitrogen and oxygen atoms in total. The van der Waals surface area contributed by atoms with Crippen molar-refractivity contribution in [3.05, 3.63) is 48.1 Å². The Morgan fingerprint density at radius 2 is 2.29 bits per heavy atom. The zero-order chi connectivity index (χ0) is 10.1. The highest BCUT2D eigenvalue weighted by Gasteiger charge is 2.19. The number of rotatable bonds is 2. The van der Waals surface area contributed by atoms with E-state index >= 15 is 0 Å². The van der Waals surface area contributed by atoms with E-state index in [-0.39, 0.29) is 0 Å². The molecule has 0 aromatic heterocycles. The lowest BCUT2D eigenvalue weighted by atomic mass is 9.95. The Morgan fingerprint density at radius 1 is 1.50 bits per heavy atom. The molecule has 0 heterocycles. The standard InChI is InChI=1S/C13H14O/c1-3-9(2)10-7-8-12-11(10)5-4-6-13(12)14/h3-7,9,14H,1,8H2,2H3. The van der Waals surface area contributed by atoms with E-state index in [0.717, 1.165) is 12.0 Å². The van der Waals surface area contributed by atoms with Crippen LogP contribution in [0.25, 0.3) is 5.57 Å². The molecule has 2 rings (SSSR count). The van der Waals surface area contributed by atoms with Crippen LogP contribution in [0, 0.1) is 5.92 Å². The SMILES string of the molecule is C=CC(C)C1=CCc2c(O)cccc21. The fourth-order valence-electron chi connectivity index (χ4n) is 1.94. The van der Waals surface area contributed by atoms with E-state index in [9.17, 15) is 5.11 Å². The average Bonchev–Trinajstić information content (AvgIpc) is 2.62. The van der Waals surface area contributed by atoms with E-state index in [1.54, 1.807) is 6.07 Å². The van der Waals surface area contributed by atoms with Gasteiger partial charge >= 0.3 is 0 Å². The fourth-order valence-corrected chi connectivity index (χ4v) is 1.94. The number of phenolic OH excluding ortho intramolecular Hbond substituents is 1. The molecule has 1 aliphatic carbocycles. The zero-order valence-electron chi connectivity index (χ0n) is 8.33. The molecule has 0 amide bonds. The van der Waals surface area contributed by atoms with Gasteiger partial charge in [0.1, 0.15) is 5.75 Å². The Kier molecular flexibility index (Phi) is 2.16. The molecule has 1 N–H and O–H groups in total. The summed E-state index contributed by atoms with van der Waals surface area (Å²) in [5.74, 6) is 0.767. The summed E-state index contributed by atoms with van der Waals surface area (Å²) < 4.78 is 0. The summed E-state index contributed by atoms with van der Waals surface area (Å²) in [6.45, 7) is 5.92. The topological polar surface area (TPSA) is 20.2 Å². The highest BCUT2D eigenvalue weighted by atomic mass is 16.3. The zero-order valence-corrected chi connectivity index (χ0v) is 8.33. The molecule has 0 fully saturated rings. The molecule has 0 bridgehead atoms. The molecule has 1 aliphatic rings. The van der Waals surface area contributed by atoms with Crippen LogP contribution in [0.2, 0.25) is 0 Å². The van der Waals surface area contributed by atoms with Gasteiger partial charge in [0.2, 0.25) is 0 Å². The van der Waals surface area contributed by atoms with Crippen molar-refractivity contribution in [3.63, 3.8) is 0 Å². The summed E-state index contributed by atoms with van der Waals surface area (Å²) in [6, 6.07) is 5.70. The van der Waals surface area contributed by atoms with Crippen LogP contribution < -0.4 is 0 Å². The summed E-state index contributed by atoms with van der Waals surface area (Å²) in [7, 11) is 0. The summed E-state index contributed by atoms with van der Waals surface area (Å²) in [4.78, 5) is 0. The lowest BCUT2D eigenvalue weighted by molar-refractivity contribution is 0.470. The van der Waals surface area contributed by atoms with Crippen LogP contribution in [-0.2, 0) is 6.42 Å². The summed E-state index contributed by atoms with van der Waals surface area (Å²) in [5.41, 5.74) is 3.51. The van der Waals surface area contributed by atoms with Gasteiger partial charge in [-0.1, -0.05) is 31.2 Å². The molecular weight excluding hydrogens is 172 g/mol. The lowest BCUT2D eigenvalue weighted by Gasteiger charge is -2.10. The second kappa shape index (κ2) is 3.33. The van der Waals surface area contributed by atoms with Crippen LogP contribution in [0.1, 0.15) is 18.1 Å². The molecule has 0 saturated carbocycles. The highest BCUT2D eigenvalue weighted by molar-refractivity contribution is 5.77. The minimum atomic E-state index is 0.359. The monoisotopic (exact) mass is 186 g/mol. The van der Waals surface area contributed by atoms with Gasteiger partial charge in [-0.2, -0.15) is 0 Å². The molecule has 1 atom stereocenters. The predicted octanol–water partition coefficient (Wildman–Crippen LogP) is 3.15. The van der Waals surface area contributed by atoms with Crippen molar-refractivity contribution < 1.29 is 5.11 Å². The first kappa shape index (κ1) is 9.07. The second-order valence-corrected chi connectivity index (χ2v) is 3.69. The van der Waals surface area contributed by atoms with Crippen LogP contribution in [0.5, 0.6) is 5.75 Å². The van der Waals surface area contributed by atoms with Gasteiger partial charge in [0, 0.05) is 5.56 Å². The first-order chi connectivity index (χ1) is 6.74. The van der Waals surface area contributed by atoms with Crippen LogP contribution in [-0.4, -0.2) is 5.11 Å². The average molecular weight is 186 g/mol. The molecule has 0 spiro atoms. The molecule has 0 saturated heterocycles. The minimum Gasteiger partial charge on any atom is -0.508 e. The highest BCUT2D eigenvalue weighted by Crippen LogP contribution is 2.37. The van der Waals surface area contributed by atoms with Crippen LogP contribution in [0.4, 0.5) is 0 Å². The van der Waals surface area contributed by atoms with E-state index in [1.165, 1.54) is 11.1 Å². The summed E-state index contributed by atoms with van der Waals surface area (Å²) in [5, 5.41) is 9.64. The summed E-state index contributed by atoms with van der Waals surface area (Å²) >= 11 is 0. The maximum atomic E-state index is 9.64. The number of hydrogen-bond acceptors (Lipinski definition) is 1. The summed E-state index contributed by atoms with van der Waals surface area (Å²) in [6.07, 6.45) is 4.96. The third-order valence-electron chi connectivity index (χ3n) is 2.83. The number of benzene rings is 1. The van der Waals surface area contributed by atoms with Gasteiger partial charge in [-0.3, -0.25) is 0 Å². The van der Waals surface area contributed by atoms with Crippen molar-refractivity contribution in [3.8, 4) is 5.75 Å². The minimum absolute atomic E-state index is 0.359. The molecule has 1 aromatic rings. The van der Waals surface area contributed by atoms with Gasteiger partial charge in [-0.15, -0.1) is 6.58 Å². The Hall–Kier alpha value is -1.50. The fraction of sp³-hybridized carbons (Fsp3) is 0.231. The molecule has 0 radical (unpaired) electrons. The van der Waals surface area contributed by atoms with E-state index in [0.29, 0.717) is 11.7 Å². The first-order valence-electron chi connectivity index (χ1n) is 4.88. The van der Waals surface area contributed by atoms with Crippen LogP contribution in [0.3, 0.4) is 0 Å². The third kappa shape index (κ3) is 1.25. The van der Waals surface area contributed by atoms with Crippen molar-refractivity contribution >= 4 is 5.57 Å². The first-order valence-corrected chi connectivity index (χ1v) is 4.88. The van der Waals surface area contributed by atoms with Crippen LogP contribution in [0.15, 0.2) is 36.9 Å². The van der Waals surface area contributed by atoms with Gasteiger partial charge in [0.05, 0.1) is 0 Å². The van der Waals surface area contributed by atoms with E-state index < -0.39 is 0 Å². The van der Waals surface area contributed by atoms with Crippen molar-refractivity contribution in [2.45, 2.75) is 13.3 Å². The lowest BCUT2D eigenvalue weighted by Crippen LogP contribution is -1.93. The van der Waals surface area contributed by atoms with Crippen molar-refractivity contribution in [2.24, 2.45) is 5.92 Å². The van der Waals surface area contributed by atoms with E-state index in [2.05, 4.69) is 25.6 Å². The Labute approximate surface area is 84.4 Å². The number of hydrogen-bond donors (Lipinski definition) is 1. The van der Waals surface area contributed by atoms with E-state index in [4.69, 9.17) is 0 Å². The van der Waals surface area contributed by atoms with Gasteiger partial charge in [0.25, 0.3) is 0 Å². The second-order valence-electron chi connectivity index (χ2n) is 3.69. The Morgan fingerprint density at radius 3 is 3.00 bits per heavy atom. The number of fused-ring (bicyclic) bond motifs is 1. The predicted molar refractivity (Wildman–Crippen MR) is 59.1 cm³/mol. The number of aromatic hydroxyl groups is 1. The van der Waals surface area contributed by atoms with Gasteiger partial charge in [-0.05, 0) is 29.5 Å². The number of phenols is 1. The molecule has 14 heavy (non-hydrogen) atoms. The van der Waals surface area contributed by atoms with Crippen molar-refractivity contribution in [2.75, 3.05) is 0 Å². The smallest absolute Gasteiger partial charge is 0.119 e. The van der Waals surface area contributed by atoms with E-state index in [1.807, 2.05) is 12.1 Å². The Balaban J connectivity index is 2.46. The largest absolute Gasteiger partial charge is 0.508 e. The molecule has 1 heteroatoms. The van der Waals surface area contributed by atoms with Crippen molar-refractivity contribution in [1.29, 1.82) is 0 Å². The molecular formula is C13H14O. The maximum Gasteiger partial charge on any atom is 0.119 e. The normalized spacial score (nSPS) is 15.9. The van der Waals surface area contributed by atoms with Crippen LogP contribution >= 0.6 is 0 Å². The van der Waals surface area contributed by atoms with Crippen molar-refractivity contribution in [1.82, 2.24) is 0 Å². The molecule has 72 valence electrons. The third-order valence-corrected chi connectivity index (χ3v) is 2.83. The number of allylic oxidation sites excluding steroid dienone is 3. The quantitative estimate of drug-likeness (QED) is 0.703.